The first-order valence-corrected chi connectivity index (χ1v) is 8.57. The van der Waals surface area contributed by atoms with E-state index in [9.17, 15) is 0 Å². The van der Waals surface area contributed by atoms with Gasteiger partial charge in [-0.05, 0) is 57.5 Å². The van der Waals surface area contributed by atoms with Crippen LogP contribution in [0.1, 0.15) is 65.7 Å². The predicted octanol–water partition coefficient (Wildman–Crippen LogP) is 3.66. The maximum atomic E-state index is 3.74. The highest BCUT2D eigenvalue weighted by Crippen LogP contribution is 2.33. The molecule has 0 amide bonds. The minimum atomic E-state index is 0.725. The third-order valence-electron chi connectivity index (χ3n) is 5.55. The summed E-state index contributed by atoms with van der Waals surface area (Å²) in [6.45, 7) is 8.24. The van der Waals surface area contributed by atoms with Crippen molar-refractivity contribution in [2.45, 2.75) is 83.8 Å². The molecule has 5 unspecified atom stereocenters. The number of nitrogens with one attached hydrogen (secondary N) is 1. The van der Waals surface area contributed by atoms with Gasteiger partial charge in [0.2, 0.25) is 0 Å². The van der Waals surface area contributed by atoms with Gasteiger partial charge in [0.15, 0.2) is 0 Å². The molecule has 2 nitrogen and oxygen atoms in total. The molecule has 19 heavy (non-hydrogen) atoms. The summed E-state index contributed by atoms with van der Waals surface area (Å²) in [6.07, 6.45) is 9.88. The lowest BCUT2D eigenvalue weighted by molar-refractivity contribution is 0.0614. The van der Waals surface area contributed by atoms with Crippen LogP contribution in [0.3, 0.4) is 0 Å². The minimum Gasteiger partial charge on any atom is -0.313 e. The molecule has 2 saturated carbocycles. The fraction of sp³-hybridized carbons (Fsp3) is 1.00. The molecule has 0 aromatic rings. The zero-order valence-electron chi connectivity index (χ0n) is 13.5. The van der Waals surface area contributed by atoms with Gasteiger partial charge in [-0.1, -0.05) is 33.6 Å². The highest BCUT2D eigenvalue weighted by Gasteiger charge is 2.34. The van der Waals surface area contributed by atoms with E-state index in [0.29, 0.717) is 0 Å². The third-order valence-corrected chi connectivity index (χ3v) is 5.55. The summed E-state index contributed by atoms with van der Waals surface area (Å²) in [6, 6.07) is 2.32. The Morgan fingerprint density at radius 3 is 2.42 bits per heavy atom. The van der Waals surface area contributed by atoms with Crippen LogP contribution in [0.4, 0.5) is 0 Å². The van der Waals surface area contributed by atoms with Gasteiger partial charge in [0, 0.05) is 18.1 Å². The fourth-order valence-corrected chi connectivity index (χ4v) is 4.34. The predicted molar refractivity (Wildman–Crippen MR) is 83.5 cm³/mol. The van der Waals surface area contributed by atoms with Crippen molar-refractivity contribution in [3.63, 3.8) is 0 Å². The van der Waals surface area contributed by atoms with E-state index in [4.69, 9.17) is 0 Å². The topological polar surface area (TPSA) is 15.3 Å². The van der Waals surface area contributed by atoms with E-state index >= 15 is 0 Å². The SMILES string of the molecule is CCNC1CCC(C)CC1N(C)C1CCCC(C)C1. The minimum absolute atomic E-state index is 0.725. The zero-order chi connectivity index (χ0) is 13.8. The van der Waals surface area contributed by atoms with Crippen LogP contribution in [0.15, 0.2) is 0 Å². The van der Waals surface area contributed by atoms with Crippen molar-refractivity contribution >= 4 is 0 Å². The monoisotopic (exact) mass is 266 g/mol. The number of hydrogen-bond donors (Lipinski definition) is 1. The largest absolute Gasteiger partial charge is 0.313 e. The molecule has 0 bridgehead atoms. The Balaban J connectivity index is 1.98. The molecule has 2 aliphatic carbocycles. The van der Waals surface area contributed by atoms with Gasteiger partial charge in [0.25, 0.3) is 0 Å². The van der Waals surface area contributed by atoms with Crippen LogP contribution in [-0.2, 0) is 0 Å². The molecule has 2 rings (SSSR count). The summed E-state index contributed by atoms with van der Waals surface area (Å²) < 4.78 is 0. The van der Waals surface area contributed by atoms with Crippen LogP contribution < -0.4 is 5.32 Å². The molecular weight excluding hydrogens is 232 g/mol. The molecule has 2 aliphatic rings. The molecule has 0 radical (unpaired) electrons. The van der Waals surface area contributed by atoms with Crippen molar-refractivity contribution in [1.29, 1.82) is 0 Å². The first kappa shape index (κ1) is 15.3. The molecule has 0 heterocycles. The first-order chi connectivity index (χ1) is 9.11. The van der Waals surface area contributed by atoms with Gasteiger partial charge in [0.05, 0.1) is 0 Å². The highest BCUT2D eigenvalue weighted by molar-refractivity contribution is 4.92. The van der Waals surface area contributed by atoms with E-state index in [1.54, 1.807) is 0 Å². The third kappa shape index (κ3) is 3.95. The average Bonchev–Trinajstić information content (AvgIpc) is 2.40. The van der Waals surface area contributed by atoms with Gasteiger partial charge >= 0.3 is 0 Å². The molecule has 0 aromatic carbocycles. The molecule has 0 saturated heterocycles. The maximum absolute atomic E-state index is 3.74. The first-order valence-electron chi connectivity index (χ1n) is 8.57. The summed E-state index contributed by atoms with van der Waals surface area (Å²) in [5, 5.41) is 3.74. The Labute approximate surface area is 120 Å². The van der Waals surface area contributed by atoms with Crippen LogP contribution in [0.5, 0.6) is 0 Å². The number of hydrogen-bond acceptors (Lipinski definition) is 2. The number of likely N-dealkylation sites (N-methyl/N-ethyl adjacent to an activating group) is 2. The summed E-state index contributed by atoms with van der Waals surface area (Å²) in [5.41, 5.74) is 0. The highest BCUT2D eigenvalue weighted by atomic mass is 15.2. The van der Waals surface area contributed by atoms with E-state index in [-0.39, 0.29) is 0 Å². The van der Waals surface area contributed by atoms with Crippen molar-refractivity contribution in [2.75, 3.05) is 13.6 Å². The summed E-state index contributed by atoms with van der Waals surface area (Å²) in [4.78, 5) is 2.75. The van der Waals surface area contributed by atoms with Gasteiger partial charge in [-0.25, -0.2) is 0 Å². The van der Waals surface area contributed by atoms with Gasteiger partial charge < -0.3 is 5.32 Å². The van der Waals surface area contributed by atoms with Gasteiger partial charge in [-0.2, -0.15) is 0 Å². The average molecular weight is 266 g/mol. The molecule has 112 valence electrons. The molecule has 0 aromatic heterocycles. The lowest BCUT2D eigenvalue weighted by Gasteiger charge is -2.45. The van der Waals surface area contributed by atoms with E-state index in [2.05, 4.69) is 38.0 Å². The van der Waals surface area contributed by atoms with Crippen molar-refractivity contribution in [3.8, 4) is 0 Å². The number of nitrogens with zero attached hydrogens (tertiary/aromatic N) is 1. The van der Waals surface area contributed by atoms with Crippen molar-refractivity contribution in [1.82, 2.24) is 10.2 Å². The Morgan fingerprint density at radius 1 is 1.00 bits per heavy atom. The molecular formula is C17H34N2. The van der Waals surface area contributed by atoms with Crippen LogP contribution >= 0.6 is 0 Å². The molecule has 0 aliphatic heterocycles. The molecule has 5 atom stereocenters. The van der Waals surface area contributed by atoms with E-state index in [1.165, 1.54) is 44.9 Å². The maximum Gasteiger partial charge on any atom is 0.0251 e. The van der Waals surface area contributed by atoms with Crippen LogP contribution in [-0.4, -0.2) is 36.6 Å². The summed E-state index contributed by atoms with van der Waals surface area (Å²) in [7, 11) is 2.40. The summed E-state index contributed by atoms with van der Waals surface area (Å²) in [5.74, 6) is 1.84. The Bertz CT molecular complexity index is 266. The van der Waals surface area contributed by atoms with Gasteiger partial charge in [-0.15, -0.1) is 0 Å². The second-order valence-corrected chi connectivity index (χ2v) is 7.24. The van der Waals surface area contributed by atoms with Gasteiger partial charge in [0.1, 0.15) is 0 Å². The van der Waals surface area contributed by atoms with E-state index < -0.39 is 0 Å². The lowest BCUT2D eigenvalue weighted by atomic mass is 9.80. The lowest BCUT2D eigenvalue weighted by Crippen LogP contribution is -2.55. The van der Waals surface area contributed by atoms with Crippen molar-refractivity contribution in [3.05, 3.63) is 0 Å². The van der Waals surface area contributed by atoms with Crippen LogP contribution in [0.2, 0.25) is 0 Å². The zero-order valence-corrected chi connectivity index (χ0v) is 13.5. The molecule has 2 fully saturated rings. The second kappa shape index (κ2) is 7.08. The smallest absolute Gasteiger partial charge is 0.0251 e. The van der Waals surface area contributed by atoms with Crippen LogP contribution in [0, 0.1) is 11.8 Å². The summed E-state index contributed by atoms with van der Waals surface area (Å²) >= 11 is 0. The normalized spacial score (nSPS) is 40.6. The number of rotatable bonds is 4. The van der Waals surface area contributed by atoms with E-state index in [1.807, 2.05) is 0 Å². The second-order valence-electron chi connectivity index (χ2n) is 7.24. The van der Waals surface area contributed by atoms with Crippen molar-refractivity contribution < 1.29 is 0 Å². The standard InChI is InChI=1S/C17H34N2/c1-5-18-16-10-9-14(3)12-17(16)19(4)15-8-6-7-13(2)11-15/h13-18H,5-12H2,1-4H3. The molecule has 2 heteroatoms. The Hall–Kier alpha value is -0.0800. The Kier molecular flexibility index (Phi) is 5.70. The van der Waals surface area contributed by atoms with Crippen molar-refractivity contribution in [2.24, 2.45) is 11.8 Å². The molecule has 0 spiro atoms. The van der Waals surface area contributed by atoms with Crippen LogP contribution in [0.25, 0.3) is 0 Å². The van der Waals surface area contributed by atoms with E-state index in [0.717, 1.165) is 36.5 Å². The quantitative estimate of drug-likeness (QED) is 0.835. The molecule has 1 N–H and O–H groups in total. The fourth-order valence-electron chi connectivity index (χ4n) is 4.34. The Morgan fingerprint density at radius 2 is 1.74 bits per heavy atom. The van der Waals surface area contributed by atoms with Gasteiger partial charge in [-0.3, -0.25) is 4.90 Å².